The maximum absolute atomic E-state index is 6.07. The molecule has 124 valence electrons. The smallest absolute Gasteiger partial charge is 0.122 e. The van der Waals surface area contributed by atoms with Crippen molar-refractivity contribution in [2.24, 2.45) is 5.92 Å². The van der Waals surface area contributed by atoms with E-state index in [1.165, 1.54) is 50.5 Å². The fraction of sp³-hybridized carbons (Fsp3) is 0.700. The van der Waals surface area contributed by atoms with Crippen LogP contribution in [0.4, 0.5) is 0 Å². The van der Waals surface area contributed by atoms with Crippen LogP contribution in [0.1, 0.15) is 57.9 Å². The molecule has 1 fully saturated rings. The van der Waals surface area contributed by atoms with Crippen molar-refractivity contribution in [3.05, 3.63) is 29.8 Å². The van der Waals surface area contributed by atoms with Crippen LogP contribution in [-0.4, -0.2) is 31.1 Å². The van der Waals surface area contributed by atoms with E-state index in [-0.39, 0.29) is 0 Å². The van der Waals surface area contributed by atoms with Crippen LogP contribution < -0.4 is 4.74 Å². The zero-order valence-electron chi connectivity index (χ0n) is 14.5. The highest BCUT2D eigenvalue weighted by atomic mass is 16.5. The molecule has 1 aliphatic rings. The molecule has 0 atom stereocenters. The fourth-order valence-corrected chi connectivity index (χ4v) is 3.51. The van der Waals surface area contributed by atoms with Gasteiger partial charge in [-0.05, 0) is 43.5 Å². The fourth-order valence-electron chi connectivity index (χ4n) is 3.51. The van der Waals surface area contributed by atoms with E-state index >= 15 is 0 Å². The summed E-state index contributed by atoms with van der Waals surface area (Å²) in [7, 11) is 0. The van der Waals surface area contributed by atoms with E-state index in [1.54, 1.807) is 0 Å². The van der Waals surface area contributed by atoms with Gasteiger partial charge in [-0.1, -0.05) is 64.2 Å². The van der Waals surface area contributed by atoms with Gasteiger partial charge >= 0.3 is 0 Å². The Balaban J connectivity index is 1.81. The summed E-state index contributed by atoms with van der Waals surface area (Å²) in [5, 5.41) is 0. The summed E-state index contributed by atoms with van der Waals surface area (Å²) in [4.78, 5) is 2.41. The molecule has 1 saturated carbocycles. The van der Waals surface area contributed by atoms with Crippen LogP contribution in [0.3, 0.4) is 0 Å². The average Bonchev–Trinajstić information content (AvgIpc) is 2.59. The molecule has 1 aromatic carbocycles. The third-order valence-corrected chi connectivity index (χ3v) is 5.08. The predicted octanol–water partition coefficient (Wildman–Crippen LogP) is 4.92. The maximum atomic E-state index is 6.07. The van der Waals surface area contributed by atoms with E-state index < -0.39 is 0 Å². The number of hydrogen-bond donors (Lipinski definition) is 0. The van der Waals surface area contributed by atoms with Crippen LogP contribution in [0.25, 0.3) is 0 Å². The van der Waals surface area contributed by atoms with Crippen LogP contribution in [0, 0.1) is 5.92 Å². The van der Waals surface area contributed by atoms with Crippen molar-refractivity contribution in [1.82, 2.24) is 4.90 Å². The van der Waals surface area contributed by atoms with Gasteiger partial charge in [0.2, 0.25) is 0 Å². The minimum absolute atomic E-state index is 0.794. The van der Waals surface area contributed by atoms with E-state index in [0.717, 1.165) is 37.9 Å². The number of rotatable bonds is 9. The summed E-state index contributed by atoms with van der Waals surface area (Å²) < 4.78 is 6.07. The Bertz CT molecular complexity index is 408. The number of para-hydroxylation sites is 1. The molecule has 2 rings (SSSR count). The van der Waals surface area contributed by atoms with Crippen molar-refractivity contribution in [3.63, 3.8) is 0 Å². The number of likely N-dealkylation sites (N-methyl/N-ethyl adjacent to an activating group) is 1. The number of hydrogen-bond acceptors (Lipinski definition) is 2. The van der Waals surface area contributed by atoms with Gasteiger partial charge in [-0.15, -0.1) is 0 Å². The maximum Gasteiger partial charge on any atom is 0.122 e. The van der Waals surface area contributed by atoms with E-state index in [1.807, 2.05) is 0 Å². The first-order valence-electron chi connectivity index (χ1n) is 9.26. The molecule has 0 heterocycles. The summed E-state index contributed by atoms with van der Waals surface area (Å²) >= 11 is 0. The van der Waals surface area contributed by atoms with Crippen LogP contribution in [0.15, 0.2) is 24.3 Å². The lowest BCUT2D eigenvalue weighted by molar-refractivity contribution is 0.221. The van der Waals surface area contributed by atoms with Gasteiger partial charge in [-0.2, -0.15) is 0 Å². The van der Waals surface area contributed by atoms with Crippen LogP contribution in [0.5, 0.6) is 5.75 Å². The first kappa shape index (κ1) is 17.3. The van der Waals surface area contributed by atoms with Crippen molar-refractivity contribution in [1.29, 1.82) is 0 Å². The Kier molecular flexibility index (Phi) is 7.79. The second-order valence-corrected chi connectivity index (χ2v) is 6.53. The van der Waals surface area contributed by atoms with Gasteiger partial charge in [0.15, 0.2) is 0 Å². The van der Waals surface area contributed by atoms with Crippen molar-refractivity contribution < 1.29 is 4.74 Å². The van der Waals surface area contributed by atoms with Gasteiger partial charge in [-0.25, -0.2) is 0 Å². The van der Waals surface area contributed by atoms with E-state index in [4.69, 9.17) is 4.74 Å². The quantitative estimate of drug-likeness (QED) is 0.642. The molecule has 2 nitrogen and oxygen atoms in total. The molecule has 0 aromatic heterocycles. The molecule has 0 N–H and O–H groups in total. The average molecular weight is 303 g/mol. The Morgan fingerprint density at radius 1 is 1.05 bits per heavy atom. The lowest BCUT2D eigenvalue weighted by Gasteiger charge is -2.22. The second kappa shape index (κ2) is 9.89. The van der Waals surface area contributed by atoms with Gasteiger partial charge in [-0.3, -0.25) is 0 Å². The SMILES string of the molecule is CCN(CC)CCOc1ccccc1CCC1CCCCC1. The normalized spacial score (nSPS) is 16.1. The molecule has 1 aliphatic carbocycles. The van der Waals surface area contributed by atoms with Gasteiger partial charge in [0.25, 0.3) is 0 Å². The zero-order chi connectivity index (χ0) is 15.6. The summed E-state index contributed by atoms with van der Waals surface area (Å²) in [5.41, 5.74) is 1.40. The Labute approximate surface area is 136 Å². The molecule has 0 spiro atoms. The van der Waals surface area contributed by atoms with Crippen LogP contribution in [0.2, 0.25) is 0 Å². The third kappa shape index (κ3) is 5.64. The Hall–Kier alpha value is -1.02. The highest BCUT2D eigenvalue weighted by Gasteiger charge is 2.14. The van der Waals surface area contributed by atoms with Crippen molar-refractivity contribution in [2.75, 3.05) is 26.2 Å². The van der Waals surface area contributed by atoms with Crippen LogP contribution >= 0.6 is 0 Å². The minimum atomic E-state index is 0.794. The minimum Gasteiger partial charge on any atom is -0.492 e. The first-order chi connectivity index (χ1) is 10.8. The summed E-state index contributed by atoms with van der Waals surface area (Å²) in [5.74, 6) is 2.04. The second-order valence-electron chi connectivity index (χ2n) is 6.53. The van der Waals surface area contributed by atoms with Crippen LogP contribution in [-0.2, 0) is 6.42 Å². The Morgan fingerprint density at radius 2 is 1.77 bits per heavy atom. The third-order valence-electron chi connectivity index (χ3n) is 5.08. The lowest BCUT2D eigenvalue weighted by atomic mass is 9.85. The molecule has 0 aliphatic heterocycles. The highest BCUT2D eigenvalue weighted by Crippen LogP contribution is 2.29. The number of aryl methyl sites for hydroxylation is 1. The molecule has 0 saturated heterocycles. The Morgan fingerprint density at radius 3 is 2.50 bits per heavy atom. The van der Waals surface area contributed by atoms with E-state index in [0.29, 0.717) is 0 Å². The number of ether oxygens (including phenoxy) is 1. The number of nitrogens with zero attached hydrogens (tertiary/aromatic N) is 1. The van der Waals surface area contributed by atoms with Gasteiger partial charge < -0.3 is 9.64 Å². The van der Waals surface area contributed by atoms with E-state index in [9.17, 15) is 0 Å². The molecule has 0 amide bonds. The molecule has 1 aromatic rings. The van der Waals surface area contributed by atoms with Gasteiger partial charge in [0.1, 0.15) is 12.4 Å². The van der Waals surface area contributed by atoms with Crippen molar-refractivity contribution >= 4 is 0 Å². The molecule has 0 bridgehead atoms. The predicted molar refractivity (Wildman–Crippen MR) is 94.6 cm³/mol. The molecule has 2 heteroatoms. The topological polar surface area (TPSA) is 12.5 Å². The van der Waals surface area contributed by atoms with Gasteiger partial charge in [0, 0.05) is 6.54 Å². The zero-order valence-corrected chi connectivity index (χ0v) is 14.5. The molecule has 0 unspecified atom stereocenters. The molecular formula is C20H33NO. The highest BCUT2D eigenvalue weighted by molar-refractivity contribution is 5.33. The monoisotopic (exact) mass is 303 g/mol. The standard InChI is InChI=1S/C20H33NO/c1-3-21(4-2)16-17-22-20-13-9-8-12-19(20)15-14-18-10-6-5-7-11-18/h8-9,12-13,18H,3-7,10-11,14-17H2,1-2H3. The summed E-state index contributed by atoms with van der Waals surface area (Å²) in [6.07, 6.45) is 9.69. The lowest BCUT2D eigenvalue weighted by Crippen LogP contribution is -2.28. The largest absolute Gasteiger partial charge is 0.492 e. The van der Waals surface area contributed by atoms with Gasteiger partial charge in [0.05, 0.1) is 0 Å². The molecular weight excluding hydrogens is 270 g/mol. The number of benzene rings is 1. The van der Waals surface area contributed by atoms with Crippen molar-refractivity contribution in [2.45, 2.75) is 58.8 Å². The van der Waals surface area contributed by atoms with Crippen molar-refractivity contribution in [3.8, 4) is 5.75 Å². The first-order valence-corrected chi connectivity index (χ1v) is 9.26. The summed E-state index contributed by atoms with van der Waals surface area (Å²) in [6, 6.07) is 8.62. The van der Waals surface area contributed by atoms with E-state index in [2.05, 4.69) is 43.0 Å². The summed E-state index contributed by atoms with van der Waals surface area (Å²) in [6.45, 7) is 8.43. The molecule has 22 heavy (non-hydrogen) atoms. The molecule has 0 radical (unpaired) electrons.